The summed E-state index contributed by atoms with van der Waals surface area (Å²) in [5.41, 5.74) is 4.08. The van der Waals surface area contributed by atoms with Crippen molar-refractivity contribution in [3.63, 3.8) is 0 Å². The predicted octanol–water partition coefficient (Wildman–Crippen LogP) is 4.46. The molecular formula is C21H22N2S. The molecule has 1 saturated carbocycles. The summed E-state index contributed by atoms with van der Waals surface area (Å²) in [6.07, 6.45) is 5.95. The maximum atomic E-state index is 5.52. The van der Waals surface area contributed by atoms with Crippen molar-refractivity contribution in [3.05, 3.63) is 77.4 Å². The summed E-state index contributed by atoms with van der Waals surface area (Å²) < 4.78 is 0. The molecule has 4 rings (SSSR count). The van der Waals surface area contributed by atoms with Gasteiger partial charge in [0.15, 0.2) is 5.11 Å². The van der Waals surface area contributed by atoms with Crippen molar-refractivity contribution in [1.29, 1.82) is 0 Å². The van der Waals surface area contributed by atoms with Gasteiger partial charge in [-0.25, -0.2) is 0 Å². The van der Waals surface area contributed by atoms with Crippen molar-refractivity contribution >= 4 is 23.4 Å². The van der Waals surface area contributed by atoms with Gasteiger partial charge in [-0.3, -0.25) is 0 Å². The highest BCUT2D eigenvalue weighted by Crippen LogP contribution is 2.39. The van der Waals surface area contributed by atoms with Gasteiger partial charge in [0.25, 0.3) is 0 Å². The molecule has 2 N–H and O–H groups in total. The lowest BCUT2D eigenvalue weighted by Crippen LogP contribution is -2.57. The molecule has 0 aromatic heterocycles. The zero-order valence-corrected chi connectivity index (χ0v) is 14.4. The Labute approximate surface area is 149 Å². The highest BCUT2D eigenvalue weighted by molar-refractivity contribution is 7.80. The average molecular weight is 334 g/mol. The van der Waals surface area contributed by atoms with Gasteiger partial charge in [-0.05, 0) is 48.2 Å². The first-order chi connectivity index (χ1) is 11.8. The molecule has 3 atom stereocenters. The van der Waals surface area contributed by atoms with E-state index in [1.807, 2.05) is 0 Å². The number of nitrogens with one attached hydrogen (secondary N) is 2. The third-order valence-corrected chi connectivity index (χ3v) is 5.38. The highest BCUT2D eigenvalue weighted by atomic mass is 32.1. The van der Waals surface area contributed by atoms with Gasteiger partial charge in [0, 0.05) is 5.92 Å². The molecule has 0 spiro atoms. The van der Waals surface area contributed by atoms with Gasteiger partial charge in [-0.1, -0.05) is 66.7 Å². The molecule has 3 heteroatoms. The van der Waals surface area contributed by atoms with Gasteiger partial charge in [-0.15, -0.1) is 0 Å². The topological polar surface area (TPSA) is 24.1 Å². The summed E-state index contributed by atoms with van der Waals surface area (Å²) in [6.45, 7) is 0. The summed E-state index contributed by atoms with van der Waals surface area (Å²) in [6, 6.07) is 21.9. The van der Waals surface area contributed by atoms with Gasteiger partial charge in [0.2, 0.25) is 0 Å². The summed E-state index contributed by atoms with van der Waals surface area (Å²) in [4.78, 5) is 0. The number of hydrogen-bond acceptors (Lipinski definition) is 1. The molecule has 2 nitrogen and oxygen atoms in total. The molecule has 0 amide bonds. The van der Waals surface area contributed by atoms with E-state index in [0.717, 1.165) is 11.5 Å². The molecule has 2 aromatic carbocycles. The summed E-state index contributed by atoms with van der Waals surface area (Å²) >= 11 is 5.52. The van der Waals surface area contributed by atoms with Crippen LogP contribution in [0.3, 0.4) is 0 Å². The lowest BCUT2D eigenvalue weighted by Gasteiger charge is -2.45. The van der Waals surface area contributed by atoms with E-state index in [2.05, 4.69) is 77.4 Å². The predicted molar refractivity (Wildman–Crippen MR) is 104 cm³/mol. The van der Waals surface area contributed by atoms with Crippen LogP contribution < -0.4 is 10.6 Å². The Kier molecular flexibility index (Phi) is 4.35. The first-order valence-electron chi connectivity index (χ1n) is 8.69. The van der Waals surface area contributed by atoms with E-state index in [1.165, 1.54) is 29.5 Å². The Morgan fingerprint density at radius 3 is 2.29 bits per heavy atom. The first-order valence-corrected chi connectivity index (χ1v) is 9.09. The van der Waals surface area contributed by atoms with Crippen LogP contribution in [0, 0.1) is 5.92 Å². The number of thiocarbonyl (C=S) groups is 1. The molecule has 1 heterocycles. The van der Waals surface area contributed by atoms with E-state index in [0.29, 0.717) is 18.0 Å². The Morgan fingerprint density at radius 2 is 1.54 bits per heavy atom. The molecule has 2 fully saturated rings. The number of hydrogen-bond donors (Lipinski definition) is 2. The molecule has 2 aromatic rings. The molecular weight excluding hydrogens is 312 g/mol. The third-order valence-electron chi connectivity index (χ3n) is 5.14. The van der Waals surface area contributed by atoms with Crippen LogP contribution in [-0.2, 0) is 0 Å². The van der Waals surface area contributed by atoms with E-state index >= 15 is 0 Å². The minimum Gasteiger partial charge on any atom is -0.356 e. The average Bonchev–Trinajstić information content (AvgIpc) is 2.63. The van der Waals surface area contributed by atoms with Gasteiger partial charge < -0.3 is 10.6 Å². The van der Waals surface area contributed by atoms with Crippen molar-refractivity contribution in [2.45, 2.75) is 31.3 Å². The van der Waals surface area contributed by atoms with E-state index in [4.69, 9.17) is 12.2 Å². The quantitative estimate of drug-likeness (QED) is 0.793. The third kappa shape index (κ3) is 3.09. The Morgan fingerprint density at radius 1 is 0.875 bits per heavy atom. The van der Waals surface area contributed by atoms with Crippen molar-refractivity contribution in [2.75, 3.05) is 0 Å². The molecule has 3 unspecified atom stereocenters. The van der Waals surface area contributed by atoms with Crippen LogP contribution in [-0.4, -0.2) is 11.2 Å². The highest BCUT2D eigenvalue weighted by Gasteiger charge is 2.39. The Bertz CT molecular complexity index is 739. The fourth-order valence-electron chi connectivity index (χ4n) is 4.05. The van der Waals surface area contributed by atoms with Gasteiger partial charge in [0.1, 0.15) is 0 Å². The summed E-state index contributed by atoms with van der Waals surface area (Å²) in [5, 5.41) is 7.82. The Balaban J connectivity index is 1.67. The molecule has 1 aliphatic heterocycles. The van der Waals surface area contributed by atoms with Gasteiger partial charge in [0.05, 0.1) is 12.1 Å². The van der Waals surface area contributed by atoms with Crippen molar-refractivity contribution in [1.82, 2.24) is 10.6 Å². The molecule has 1 aliphatic carbocycles. The van der Waals surface area contributed by atoms with Crippen molar-refractivity contribution in [2.24, 2.45) is 5.92 Å². The summed E-state index contributed by atoms with van der Waals surface area (Å²) in [7, 11) is 0. The standard InChI is InChI=1S/C21H22N2S/c24-21-22-19(16-10-5-2-6-11-16)18-13-7-12-17(20(18)23-21)14-15-8-3-1-4-9-15/h1-6,8-11,14,18-20H,7,12-13H2,(H2,22,23,24). The van der Waals surface area contributed by atoms with E-state index in [1.54, 1.807) is 0 Å². The fourth-order valence-corrected chi connectivity index (χ4v) is 4.30. The van der Waals surface area contributed by atoms with Crippen LogP contribution in [0.5, 0.6) is 0 Å². The molecule has 0 bridgehead atoms. The van der Waals surface area contributed by atoms with Crippen LogP contribution in [0.15, 0.2) is 66.2 Å². The van der Waals surface area contributed by atoms with Crippen LogP contribution in [0.1, 0.15) is 36.4 Å². The largest absolute Gasteiger partial charge is 0.356 e. The van der Waals surface area contributed by atoms with Crippen molar-refractivity contribution < 1.29 is 0 Å². The molecule has 1 saturated heterocycles. The maximum Gasteiger partial charge on any atom is 0.167 e. The van der Waals surface area contributed by atoms with Crippen LogP contribution in [0.25, 0.3) is 6.08 Å². The second kappa shape index (κ2) is 6.78. The van der Waals surface area contributed by atoms with E-state index in [-0.39, 0.29) is 0 Å². The molecule has 2 aliphatic rings. The number of fused-ring (bicyclic) bond motifs is 1. The minimum atomic E-state index is 0.296. The summed E-state index contributed by atoms with van der Waals surface area (Å²) in [5.74, 6) is 0.530. The zero-order valence-electron chi connectivity index (χ0n) is 13.6. The molecule has 0 radical (unpaired) electrons. The van der Waals surface area contributed by atoms with Crippen LogP contribution in [0.4, 0.5) is 0 Å². The fraction of sp³-hybridized carbons (Fsp3) is 0.286. The molecule has 24 heavy (non-hydrogen) atoms. The van der Waals surface area contributed by atoms with Gasteiger partial charge >= 0.3 is 0 Å². The van der Waals surface area contributed by atoms with E-state index in [9.17, 15) is 0 Å². The van der Waals surface area contributed by atoms with Crippen LogP contribution >= 0.6 is 12.2 Å². The number of benzene rings is 2. The minimum absolute atomic E-state index is 0.296. The first kappa shape index (κ1) is 15.4. The lowest BCUT2D eigenvalue weighted by atomic mass is 9.73. The van der Waals surface area contributed by atoms with E-state index < -0.39 is 0 Å². The maximum absolute atomic E-state index is 5.52. The smallest absolute Gasteiger partial charge is 0.167 e. The zero-order chi connectivity index (χ0) is 16.4. The monoisotopic (exact) mass is 334 g/mol. The number of rotatable bonds is 2. The second-order valence-electron chi connectivity index (χ2n) is 6.67. The van der Waals surface area contributed by atoms with Gasteiger partial charge in [-0.2, -0.15) is 0 Å². The Hall–Kier alpha value is -2.13. The van der Waals surface area contributed by atoms with Crippen LogP contribution in [0.2, 0.25) is 0 Å². The molecule has 122 valence electrons. The SMILES string of the molecule is S=C1NC2C(=Cc3ccccc3)CCCC2C(c2ccccc2)N1. The van der Waals surface area contributed by atoms with Crippen molar-refractivity contribution in [3.8, 4) is 0 Å². The second-order valence-corrected chi connectivity index (χ2v) is 7.08. The lowest BCUT2D eigenvalue weighted by molar-refractivity contribution is 0.260. The normalized spacial score (nSPS) is 27.9.